The Morgan fingerprint density at radius 2 is 2.06 bits per heavy atom. The Balaban J connectivity index is 1.58. The predicted octanol–water partition coefficient (Wildman–Crippen LogP) is 2.31. The van der Waals surface area contributed by atoms with Crippen molar-refractivity contribution in [2.75, 3.05) is 5.32 Å². The number of aromatic nitrogens is 4. The van der Waals surface area contributed by atoms with Gasteiger partial charge in [-0.1, -0.05) is 12.2 Å². The molecule has 0 aromatic carbocycles. The fourth-order valence-electron chi connectivity index (χ4n) is 4.26. The van der Waals surface area contributed by atoms with Gasteiger partial charge in [-0.05, 0) is 32.1 Å². The van der Waals surface area contributed by atoms with Crippen LogP contribution in [0.25, 0.3) is 11.2 Å². The number of carbonyl (C=O) groups excluding carboxylic acids is 2. The van der Waals surface area contributed by atoms with Crippen molar-refractivity contribution in [1.82, 2.24) is 24.1 Å². The minimum atomic E-state index is -0.497. The summed E-state index contributed by atoms with van der Waals surface area (Å²) >= 11 is 0. The van der Waals surface area contributed by atoms with Crippen LogP contribution in [0.15, 0.2) is 47.4 Å². The summed E-state index contributed by atoms with van der Waals surface area (Å²) < 4.78 is 16.2. The van der Waals surface area contributed by atoms with E-state index >= 15 is 0 Å². The smallest absolute Gasteiger partial charge is 0.279 e. The largest absolute Gasteiger partial charge is 0.319 e. The number of rotatable bonds is 5. The second kappa shape index (κ2) is 8.45. The van der Waals surface area contributed by atoms with Gasteiger partial charge in [0.2, 0.25) is 5.91 Å². The van der Waals surface area contributed by atoms with E-state index in [1.807, 2.05) is 0 Å². The Labute approximate surface area is 194 Å². The molecule has 1 aliphatic carbocycles. The highest BCUT2D eigenvalue weighted by Gasteiger charge is 2.30. The van der Waals surface area contributed by atoms with Crippen LogP contribution in [0.5, 0.6) is 0 Å². The Morgan fingerprint density at radius 1 is 1.24 bits per heavy atom. The molecule has 34 heavy (non-hydrogen) atoms. The van der Waals surface area contributed by atoms with Crippen LogP contribution >= 0.6 is 0 Å². The topological polar surface area (TPSA) is 102 Å². The van der Waals surface area contributed by atoms with E-state index in [4.69, 9.17) is 0 Å². The molecule has 0 fully saturated rings. The normalized spacial score (nSPS) is 15.8. The molecule has 174 valence electrons. The molecule has 10 heteroatoms. The maximum Gasteiger partial charge on any atom is 0.279 e. The number of hydrogen-bond donors (Lipinski definition) is 1. The maximum absolute atomic E-state index is 13.3. The quantitative estimate of drug-likeness (QED) is 0.625. The number of pyridine rings is 1. The number of carbonyl (C=O) groups is 2. The zero-order valence-electron chi connectivity index (χ0n) is 18.8. The lowest BCUT2D eigenvalue weighted by atomic mass is 10.0. The molecule has 3 aromatic heterocycles. The first kappa shape index (κ1) is 21.9. The van der Waals surface area contributed by atoms with Crippen LogP contribution in [0.3, 0.4) is 0 Å². The van der Waals surface area contributed by atoms with Gasteiger partial charge in [-0.3, -0.25) is 19.3 Å². The highest BCUT2D eigenvalue weighted by molar-refractivity contribution is 6.01. The van der Waals surface area contributed by atoms with E-state index in [9.17, 15) is 18.8 Å². The molecule has 0 spiro atoms. The van der Waals surface area contributed by atoms with Crippen molar-refractivity contribution in [3.8, 4) is 0 Å². The zero-order valence-corrected chi connectivity index (χ0v) is 18.8. The highest BCUT2D eigenvalue weighted by atomic mass is 19.1. The summed E-state index contributed by atoms with van der Waals surface area (Å²) in [5.41, 5.74) is 2.67. The first-order valence-electron chi connectivity index (χ1n) is 11.0. The van der Waals surface area contributed by atoms with Gasteiger partial charge in [0.15, 0.2) is 5.78 Å². The molecule has 9 nitrogen and oxygen atoms in total. The monoisotopic (exact) mass is 462 g/mol. The molecule has 1 N–H and O–H groups in total. The second-order valence-corrected chi connectivity index (χ2v) is 8.70. The van der Waals surface area contributed by atoms with Gasteiger partial charge < -0.3 is 9.88 Å². The van der Waals surface area contributed by atoms with E-state index in [2.05, 4.69) is 34.1 Å². The summed E-state index contributed by atoms with van der Waals surface area (Å²) in [4.78, 5) is 44.1. The second-order valence-electron chi connectivity index (χ2n) is 8.70. The van der Waals surface area contributed by atoms with Crippen LogP contribution in [0.2, 0.25) is 0 Å². The number of ketones is 1. The van der Waals surface area contributed by atoms with Gasteiger partial charge >= 0.3 is 0 Å². The Hall–Kier alpha value is -3.92. The summed E-state index contributed by atoms with van der Waals surface area (Å²) in [5.74, 6) is -0.673. The van der Waals surface area contributed by atoms with Gasteiger partial charge in [0.25, 0.3) is 5.56 Å². The molecule has 0 saturated carbocycles. The Bertz CT molecular complexity index is 1430. The summed E-state index contributed by atoms with van der Waals surface area (Å²) in [7, 11) is 0. The van der Waals surface area contributed by atoms with E-state index in [-0.39, 0.29) is 35.7 Å². The van der Waals surface area contributed by atoms with Crippen LogP contribution < -0.4 is 10.9 Å². The molecule has 0 bridgehead atoms. The standard InChI is InChI=1S/C24H23FN6O3/c1-14(2)29-11-18-20(12-29)30(13-22(33)27-21-7-6-16(25)10-26-21)23-9-19(28-31(23)24(18)34)15-4-3-5-17(32)8-15/h3-4,6-10,14H,5,11-13H2,1-2H3,(H,26,27,33). The van der Waals surface area contributed by atoms with Crippen molar-refractivity contribution in [2.45, 2.75) is 45.9 Å². The first-order chi connectivity index (χ1) is 16.3. The summed E-state index contributed by atoms with van der Waals surface area (Å²) in [6.45, 7) is 4.99. The lowest BCUT2D eigenvalue weighted by Crippen LogP contribution is -2.28. The number of nitrogens with zero attached hydrogens (tertiary/aromatic N) is 5. The molecule has 3 aromatic rings. The SMILES string of the molecule is CC(C)N1Cc2c(n(CC(=O)Nc3ccc(F)cn3)c3cc(C4=CC(=O)CC=C4)nn3c2=O)C1. The van der Waals surface area contributed by atoms with E-state index in [0.717, 1.165) is 11.9 Å². The van der Waals surface area contributed by atoms with Gasteiger partial charge in [-0.2, -0.15) is 9.61 Å². The molecule has 0 atom stereocenters. The zero-order chi connectivity index (χ0) is 24.0. The fourth-order valence-corrected chi connectivity index (χ4v) is 4.26. The van der Waals surface area contributed by atoms with E-state index < -0.39 is 5.82 Å². The third kappa shape index (κ3) is 3.96. The molecule has 4 heterocycles. The van der Waals surface area contributed by atoms with Crippen molar-refractivity contribution in [2.24, 2.45) is 0 Å². The van der Waals surface area contributed by atoms with Crippen LogP contribution in [0, 0.1) is 5.82 Å². The lowest BCUT2D eigenvalue weighted by Gasteiger charge is -2.19. The van der Waals surface area contributed by atoms with E-state index in [1.54, 1.807) is 22.8 Å². The average molecular weight is 462 g/mol. The molecule has 0 radical (unpaired) electrons. The van der Waals surface area contributed by atoms with Crippen LogP contribution in [0.1, 0.15) is 37.2 Å². The molecule has 1 amide bonds. The third-order valence-corrected chi connectivity index (χ3v) is 6.06. The van der Waals surface area contributed by atoms with Gasteiger partial charge in [0.05, 0.1) is 17.5 Å². The first-order valence-corrected chi connectivity index (χ1v) is 11.0. The molecular formula is C24H23FN6O3. The number of anilines is 1. The van der Waals surface area contributed by atoms with Crippen LogP contribution in [-0.4, -0.2) is 41.8 Å². The molecule has 1 aliphatic heterocycles. The summed E-state index contributed by atoms with van der Waals surface area (Å²) in [5, 5.41) is 7.16. The van der Waals surface area contributed by atoms with E-state index in [0.29, 0.717) is 42.0 Å². The van der Waals surface area contributed by atoms with Crippen molar-refractivity contribution in [3.63, 3.8) is 0 Å². The number of allylic oxidation sites excluding steroid dienone is 4. The molecule has 5 rings (SSSR count). The number of amides is 1. The van der Waals surface area contributed by atoms with Gasteiger partial charge in [0, 0.05) is 42.9 Å². The van der Waals surface area contributed by atoms with Crippen molar-refractivity contribution < 1.29 is 14.0 Å². The fraction of sp³-hybridized carbons (Fsp3) is 0.292. The van der Waals surface area contributed by atoms with Crippen LogP contribution in [-0.2, 0) is 29.2 Å². The summed E-state index contributed by atoms with van der Waals surface area (Å²) in [6, 6.07) is 4.53. The molecule has 0 unspecified atom stereocenters. The van der Waals surface area contributed by atoms with E-state index in [1.165, 1.54) is 22.7 Å². The number of hydrogen-bond acceptors (Lipinski definition) is 6. The van der Waals surface area contributed by atoms with Crippen molar-refractivity contribution >= 4 is 28.7 Å². The Kier molecular flexibility index (Phi) is 5.45. The lowest BCUT2D eigenvalue weighted by molar-refractivity contribution is -0.117. The molecule has 2 aliphatic rings. The summed E-state index contributed by atoms with van der Waals surface area (Å²) in [6.07, 6.45) is 6.44. The minimum absolute atomic E-state index is 0.0361. The van der Waals surface area contributed by atoms with Gasteiger partial charge in [-0.15, -0.1) is 0 Å². The number of halogens is 1. The van der Waals surface area contributed by atoms with Crippen molar-refractivity contribution in [1.29, 1.82) is 0 Å². The average Bonchev–Trinajstić information content (AvgIpc) is 3.44. The number of fused-ring (bicyclic) bond motifs is 2. The maximum atomic E-state index is 13.3. The molecular weight excluding hydrogens is 439 g/mol. The van der Waals surface area contributed by atoms with Gasteiger partial charge in [-0.25, -0.2) is 9.37 Å². The van der Waals surface area contributed by atoms with Gasteiger partial charge in [0.1, 0.15) is 23.8 Å². The van der Waals surface area contributed by atoms with Crippen LogP contribution in [0.4, 0.5) is 10.2 Å². The highest BCUT2D eigenvalue weighted by Crippen LogP contribution is 2.26. The van der Waals surface area contributed by atoms with Crippen molar-refractivity contribution in [3.05, 3.63) is 75.7 Å². The Morgan fingerprint density at radius 3 is 2.76 bits per heavy atom. The minimum Gasteiger partial charge on any atom is -0.319 e. The number of nitrogens with one attached hydrogen (secondary N) is 1. The third-order valence-electron chi connectivity index (χ3n) is 6.06. The predicted molar refractivity (Wildman–Crippen MR) is 123 cm³/mol. The molecule has 0 saturated heterocycles.